The van der Waals surface area contributed by atoms with Crippen molar-refractivity contribution < 1.29 is 9.90 Å². The Morgan fingerprint density at radius 1 is 1.64 bits per heavy atom. The molecule has 0 fully saturated rings. The Morgan fingerprint density at radius 2 is 2.43 bits per heavy atom. The van der Waals surface area contributed by atoms with E-state index in [9.17, 15) is 4.79 Å². The maximum Gasteiger partial charge on any atom is 0.407 e. The van der Waals surface area contributed by atoms with E-state index >= 15 is 0 Å². The van der Waals surface area contributed by atoms with Crippen LogP contribution >= 0.6 is 0 Å². The summed E-state index contributed by atoms with van der Waals surface area (Å²) in [6, 6.07) is 1.79. The van der Waals surface area contributed by atoms with Crippen molar-refractivity contribution in [2.75, 3.05) is 12.3 Å². The largest absolute Gasteiger partial charge is 0.465 e. The van der Waals surface area contributed by atoms with Crippen LogP contribution in [0, 0.1) is 0 Å². The van der Waals surface area contributed by atoms with Crippen LogP contribution < -0.4 is 5.73 Å². The number of hydrogen-bond acceptors (Lipinski definition) is 3. The molecule has 0 radical (unpaired) electrons. The molecule has 3 N–H and O–H groups in total. The number of anilines is 1. The third kappa shape index (κ3) is 1.48. The summed E-state index contributed by atoms with van der Waals surface area (Å²) in [5.74, 6) is 0. The molecule has 0 atom stereocenters. The Kier molecular flexibility index (Phi) is 1.99. The fourth-order valence-corrected chi connectivity index (χ4v) is 1.61. The minimum atomic E-state index is -0.891. The number of carboxylic acid groups (broad SMARTS) is 1. The summed E-state index contributed by atoms with van der Waals surface area (Å²) in [6.45, 7) is 0.905. The molecule has 5 nitrogen and oxygen atoms in total. The van der Waals surface area contributed by atoms with Crippen LogP contribution in [0.3, 0.4) is 0 Å². The summed E-state index contributed by atoms with van der Waals surface area (Å²) in [6.07, 6.45) is 1.38. The highest BCUT2D eigenvalue weighted by atomic mass is 16.4. The summed E-state index contributed by atoms with van der Waals surface area (Å²) in [4.78, 5) is 16.3. The average molecular weight is 193 g/mol. The molecule has 1 aliphatic rings. The number of aromatic nitrogens is 1. The predicted octanol–water partition coefficient (Wildman–Crippen LogP) is 0.700. The topological polar surface area (TPSA) is 79.5 Å². The summed E-state index contributed by atoms with van der Waals surface area (Å²) in [7, 11) is 0. The smallest absolute Gasteiger partial charge is 0.407 e. The van der Waals surface area contributed by atoms with Crippen LogP contribution in [-0.2, 0) is 13.0 Å². The Hall–Kier alpha value is -1.78. The zero-order valence-electron chi connectivity index (χ0n) is 7.60. The highest BCUT2D eigenvalue weighted by Crippen LogP contribution is 2.18. The number of nitrogens with two attached hydrogens (primary N) is 1. The first-order chi connectivity index (χ1) is 6.66. The Bertz CT molecular complexity index is 378. The molecule has 1 aromatic rings. The minimum absolute atomic E-state index is 0.392. The molecule has 0 bridgehead atoms. The van der Waals surface area contributed by atoms with Gasteiger partial charge in [-0.1, -0.05) is 0 Å². The molecule has 74 valence electrons. The molecule has 14 heavy (non-hydrogen) atoms. The van der Waals surface area contributed by atoms with Crippen molar-refractivity contribution in [1.82, 2.24) is 9.88 Å². The van der Waals surface area contributed by atoms with E-state index in [0.29, 0.717) is 25.2 Å². The Labute approximate surface area is 81.2 Å². The van der Waals surface area contributed by atoms with E-state index in [1.165, 1.54) is 4.90 Å². The first-order valence-electron chi connectivity index (χ1n) is 4.38. The molecule has 0 spiro atoms. The van der Waals surface area contributed by atoms with Crippen molar-refractivity contribution in [2.45, 2.75) is 13.0 Å². The molecular formula is C9H11N3O2. The summed E-state index contributed by atoms with van der Waals surface area (Å²) < 4.78 is 0. The van der Waals surface area contributed by atoms with E-state index in [0.717, 1.165) is 11.3 Å². The van der Waals surface area contributed by atoms with Gasteiger partial charge in [-0.05, 0) is 11.6 Å². The van der Waals surface area contributed by atoms with Crippen molar-refractivity contribution in [3.8, 4) is 0 Å². The van der Waals surface area contributed by atoms with Crippen molar-refractivity contribution in [3.05, 3.63) is 23.5 Å². The average Bonchev–Trinajstić information content (AvgIpc) is 2.16. The lowest BCUT2D eigenvalue weighted by Gasteiger charge is -2.25. The summed E-state index contributed by atoms with van der Waals surface area (Å²) in [5, 5.41) is 8.81. The number of nitrogen functional groups attached to an aromatic ring is 1. The van der Waals surface area contributed by atoms with E-state index in [4.69, 9.17) is 10.8 Å². The quantitative estimate of drug-likeness (QED) is 0.635. The van der Waals surface area contributed by atoms with Gasteiger partial charge in [-0.15, -0.1) is 0 Å². The van der Waals surface area contributed by atoms with Gasteiger partial charge in [0.15, 0.2) is 0 Å². The van der Waals surface area contributed by atoms with Crippen molar-refractivity contribution >= 4 is 11.8 Å². The first-order valence-corrected chi connectivity index (χ1v) is 4.38. The molecule has 0 unspecified atom stereocenters. The van der Waals surface area contributed by atoms with Gasteiger partial charge in [0.1, 0.15) is 0 Å². The molecule has 2 rings (SSSR count). The van der Waals surface area contributed by atoms with E-state index in [2.05, 4.69) is 4.98 Å². The van der Waals surface area contributed by atoms with Crippen LogP contribution in [0.25, 0.3) is 0 Å². The highest BCUT2D eigenvalue weighted by molar-refractivity contribution is 5.65. The molecule has 1 aliphatic heterocycles. The van der Waals surface area contributed by atoms with Crippen LogP contribution in [0.1, 0.15) is 11.3 Å². The maximum atomic E-state index is 10.7. The van der Waals surface area contributed by atoms with Crippen LogP contribution in [0.5, 0.6) is 0 Å². The van der Waals surface area contributed by atoms with Gasteiger partial charge in [-0.25, -0.2) is 4.79 Å². The maximum absolute atomic E-state index is 10.7. The van der Waals surface area contributed by atoms with E-state index in [1.807, 2.05) is 0 Å². The molecule has 5 heteroatoms. The molecule has 0 saturated heterocycles. The second kappa shape index (κ2) is 3.17. The molecular weight excluding hydrogens is 182 g/mol. The number of carbonyl (C=O) groups is 1. The van der Waals surface area contributed by atoms with E-state index < -0.39 is 6.09 Å². The van der Waals surface area contributed by atoms with Gasteiger partial charge >= 0.3 is 6.09 Å². The molecule has 0 aromatic carbocycles. The van der Waals surface area contributed by atoms with Gasteiger partial charge in [0, 0.05) is 18.7 Å². The van der Waals surface area contributed by atoms with Gasteiger partial charge in [-0.3, -0.25) is 4.98 Å². The monoisotopic (exact) mass is 193 g/mol. The first kappa shape index (κ1) is 8.80. The van der Waals surface area contributed by atoms with Crippen molar-refractivity contribution in [2.24, 2.45) is 0 Å². The number of nitrogens with zero attached hydrogens (tertiary/aromatic N) is 2. The lowest BCUT2D eigenvalue weighted by atomic mass is 10.1. The number of fused-ring (bicyclic) bond motifs is 1. The van der Waals surface area contributed by atoms with Gasteiger partial charge in [-0.2, -0.15) is 0 Å². The van der Waals surface area contributed by atoms with Gasteiger partial charge in [0.05, 0.1) is 18.4 Å². The van der Waals surface area contributed by atoms with Crippen LogP contribution in [0.2, 0.25) is 0 Å². The highest BCUT2D eigenvalue weighted by Gasteiger charge is 2.20. The summed E-state index contributed by atoms with van der Waals surface area (Å²) in [5.41, 5.74) is 8.03. The second-order valence-electron chi connectivity index (χ2n) is 3.33. The number of rotatable bonds is 0. The second-order valence-corrected chi connectivity index (χ2v) is 3.33. The molecule has 1 aromatic heterocycles. The Morgan fingerprint density at radius 3 is 3.14 bits per heavy atom. The van der Waals surface area contributed by atoms with Crippen LogP contribution in [-0.4, -0.2) is 27.6 Å². The van der Waals surface area contributed by atoms with E-state index in [-0.39, 0.29) is 0 Å². The predicted molar refractivity (Wildman–Crippen MR) is 50.8 cm³/mol. The lowest BCUT2D eigenvalue weighted by Crippen LogP contribution is -2.35. The zero-order chi connectivity index (χ0) is 10.1. The van der Waals surface area contributed by atoms with Gasteiger partial charge in [0.2, 0.25) is 0 Å². The third-order valence-electron chi connectivity index (χ3n) is 2.33. The van der Waals surface area contributed by atoms with Crippen molar-refractivity contribution in [3.63, 3.8) is 0 Å². The van der Waals surface area contributed by atoms with Gasteiger partial charge < -0.3 is 15.7 Å². The molecule has 0 saturated carbocycles. The minimum Gasteiger partial charge on any atom is -0.465 e. The molecule has 2 heterocycles. The Balaban J connectivity index is 2.29. The number of pyridine rings is 1. The standard InChI is InChI=1S/C9H11N3O2/c10-7-3-6-5-12(9(13)14)2-1-8(6)11-4-7/h3-4H,1-2,5,10H2,(H,13,14). The summed E-state index contributed by atoms with van der Waals surface area (Å²) >= 11 is 0. The third-order valence-corrected chi connectivity index (χ3v) is 2.33. The number of amides is 1. The van der Waals surface area contributed by atoms with E-state index in [1.54, 1.807) is 12.3 Å². The van der Waals surface area contributed by atoms with Gasteiger partial charge in [0.25, 0.3) is 0 Å². The normalized spacial score (nSPS) is 15.0. The van der Waals surface area contributed by atoms with Crippen molar-refractivity contribution in [1.29, 1.82) is 0 Å². The fourth-order valence-electron chi connectivity index (χ4n) is 1.61. The molecule has 0 aliphatic carbocycles. The fraction of sp³-hybridized carbons (Fsp3) is 0.333. The van der Waals surface area contributed by atoms with Crippen LogP contribution in [0.4, 0.5) is 10.5 Å². The lowest BCUT2D eigenvalue weighted by molar-refractivity contribution is 0.139. The van der Waals surface area contributed by atoms with Crippen LogP contribution in [0.15, 0.2) is 12.3 Å². The number of hydrogen-bond donors (Lipinski definition) is 2. The zero-order valence-corrected chi connectivity index (χ0v) is 7.60. The molecule has 1 amide bonds. The SMILES string of the molecule is Nc1cnc2c(c1)CN(C(=O)O)CC2.